The van der Waals surface area contributed by atoms with Crippen LogP contribution in [-0.4, -0.2) is 35.6 Å². The molecule has 0 saturated carbocycles. The Hall–Kier alpha value is -0.450. The van der Waals surface area contributed by atoms with Crippen LogP contribution in [0.2, 0.25) is 0 Å². The molecule has 0 atom stereocenters. The number of aromatic nitrogens is 1. The SMILES string of the molecule is CCCCN1CCC(NCc2cccc(Br)n2)CC1. The van der Waals surface area contributed by atoms with Gasteiger partial charge in [0.05, 0.1) is 5.69 Å². The zero-order valence-electron chi connectivity index (χ0n) is 11.7. The molecule has 4 heteroatoms. The number of pyridine rings is 1. The maximum atomic E-state index is 4.46. The van der Waals surface area contributed by atoms with Crippen LogP contribution in [0.5, 0.6) is 0 Å². The number of piperidine rings is 1. The van der Waals surface area contributed by atoms with Crippen LogP contribution in [0.3, 0.4) is 0 Å². The molecule has 1 N–H and O–H groups in total. The van der Waals surface area contributed by atoms with Crippen LogP contribution in [0.15, 0.2) is 22.8 Å². The minimum Gasteiger partial charge on any atom is -0.308 e. The van der Waals surface area contributed by atoms with Crippen LogP contribution in [0.4, 0.5) is 0 Å². The maximum Gasteiger partial charge on any atom is 0.106 e. The van der Waals surface area contributed by atoms with Gasteiger partial charge in [-0.15, -0.1) is 0 Å². The summed E-state index contributed by atoms with van der Waals surface area (Å²) in [4.78, 5) is 7.05. The zero-order valence-corrected chi connectivity index (χ0v) is 13.3. The van der Waals surface area contributed by atoms with E-state index in [-0.39, 0.29) is 0 Å². The molecule has 0 amide bonds. The van der Waals surface area contributed by atoms with Crippen molar-refractivity contribution in [2.75, 3.05) is 19.6 Å². The van der Waals surface area contributed by atoms with Crippen LogP contribution < -0.4 is 5.32 Å². The zero-order chi connectivity index (χ0) is 13.5. The fourth-order valence-corrected chi connectivity index (χ4v) is 2.92. The lowest BCUT2D eigenvalue weighted by Gasteiger charge is -2.32. The Morgan fingerprint density at radius 1 is 1.37 bits per heavy atom. The molecule has 1 aromatic rings. The van der Waals surface area contributed by atoms with E-state index in [1.54, 1.807) is 0 Å². The Kier molecular flexibility index (Phi) is 6.28. The molecule has 19 heavy (non-hydrogen) atoms. The fourth-order valence-electron chi connectivity index (χ4n) is 2.54. The van der Waals surface area contributed by atoms with E-state index in [9.17, 15) is 0 Å². The number of halogens is 1. The third kappa shape index (κ3) is 5.21. The molecule has 0 unspecified atom stereocenters. The average Bonchev–Trinajstić information content (AvgIpc) is 2.44. The van der Waals surface area contributed by atoms with Crippen molar-refractivity contribution in [2.24, 2.45) is 0 Å². The second-order valence-corrected chi connectivity index (χ2v) is 6.11. The highest BCUT2D eigenvalue weighted by Crippen LogP contribution is 2.12. The van der Waals surface area contributed by atoms with Gasteiger partial charge in [-0.3, -0.25) is 0 Å². The number of nitrogens with zero attached hydrogens (tertiary/aromatic N) is 2. The molecule has 0 bridgehead atoms. The van der Waals surface area contributed by atoms with Gasteiger partial charge < -0.3 is 10.2 Å². The summed E-state index contributed by atoms with van der Waals surface area (Å²) in [5.74, 6) is 0. The van der Waals surface area contributed by atoms with Crippen molar-refractivity contribution in [3.8, 4) is 0 Å². The Balaban J connectivity index is 1.68. The van der Waals surface area contributed by atoms with Crippen molar-refractivity contribution >= 4 is 15.9 Å². The summed E-state index contributed by atoms with van der Waals surface area (Å²) in [5.41, 5.74) is 1.11. The first-order chi connectivity index (χ1) is 9.28. The minimum atomic E-state index is 0.652. The number of rotatable bonds is 6. The number of nitrogens with one attached hydrogen (secondary N) is 1. The molecule has 2 rings (SSSR count). The van der Waals surface area contributed by atoms with Crippen molar-refractivity contribution in [1.29, 1.82) is 0 Å². The van der Waals surface area contributed by atoms with Crippen LogP contribution in [0.1, 0.15) is 38.3 Å². The largest absolute Gasteiger partial charge is 0.308 e. The van der Waals surface area contributed by atoms with Gasteiger partial charge in [0.2, 0.25) is 0 Å². The summed E-state index contributed by atoms with van der Waals surface area (Å²) in [6.45, 7) is 6.89. The lowest BCUT2D eigenvalue weighted by atomic mass is 10.0. The van der Waals surface area contributed by atoms with E-state index in [4.69, 9.17) is 0 Å². The van der Waals surface area contributed by atoms with E-state index >= 15 is 0 Å². The molecular formula is C15H24BrN3. The minimum absolute atomic E-state index is 0.652. The van der Waals surface area contributed by atoms with E-state index in [2.05, 4.69) is 44.1 Å². The predicted octanol–water partition coefficient (Wildman–Crippen LogP) is 3.20. The van der Waals surface area contributed by atoms with Crippen molar-refractivity contribution in [2.45, 2.75) is 45.2 Å². The Bertz CT molecular complexity index is 375. The molecule has 106 valence electrons. The van der Waals surface area contributed by atoms with Crippen molar-refractivity contribution in [3.63, 3.8) is 0 Å². The van der Waals surface area contributed by atoms with E-state index in [1.165, 1.54) is 45.3 Å². The predicted molar refractivity (Wildman–Crippen MR) is 83.1 cm³/mol. The Labute approximate surface area is 124 Å². The monoisotopic (exact) mass is 325 g/mol. The van der Waals surface area contributed by atoms with Crippen LogP contribution in [0.25, 0.3) is 0 Å². The quantitative estimate of drug-likeness (QED) is 0.814. The molecule has 0 aliphatic carbocycles. The van der Waals surface area contributed by atoms with Gasteiger partial charge in [0.25, 0.3) is 0 Å². The number of hydrogen-bond donors (Lipinski definition) is 1. The second-order valence-electron chi connectivity index (χ2n) is 5.30. The van der Waals surface area contributed by atoms with Crippen molar-refractivity contribution < 1.29 is 0 Å². The second kappa shape index (κ2) is 7.98. The molecular weight excluding hydrogens is 302 g/mol. The summed E-state index contributed by atoms with van der Waals surface area (Å²) in [5, 5.41) is 3.63. The standard InChI is InChI=1S/C15H24BrN3/c1-2-3-9-19-10-7-13(8-11-19)17-12-14-5-4-6-15(16)18-14/h4-6,13,17H,2-3,7-12H2,1H3. The van der Waals surface area contributed by atoms with Gasteiger partial charge in [-0.25, -0.2) is 4.98 Å². The molecule has 2 heterocycles. The molecule has 1 aliphatic heterocycles. The van der Waals surface area contributed by atoms with Gasteiger partial charge >= 0.3 is 0 Å². The van der Waals surface area contributed by atoms with Gasteiger partial charge in [-0.1, -0.05) is 19.4 Å². The number of unbranched alkanes of at least 4 members (excludes halogenated alkanes) is 1. The van der Waals surface area contributed by atoms with Gasteiger partial charge in [0.1, 0.15) is 4.60 Å². The van der Waals surface area contributed by atoms with Gasteiger partial charge in [0.15, 0.2) is 0 Å². The first-order valence-electron chi connectivity index (χ1n) is 7.35. The number of likely N-dealkylation sites (tertiary alicyclic amines) is 1. The van der Waals surface area contributed by atoms with E-state index < -0.39 is 0 Å². The topological polar surface area (TPSA) is 28.2 Å². The van der Waals surface area contributed by atoms with E-state index in [0.29, 0.717) is 6.04 Å². The fraction of sp³-hybridized carbons (Fsp3) is 0.667. The van der Waals surface area contributed by atoms with E-state index in [1.807, 2.05) is 12.1 Å². The Morgan fingerprint density at radius 2 is 2.16 bits per heavy atom. The molecule has 0 radical (unpaired) electrons. The van der Waals surface area contributed by atoms with Gasteiger partial charge in [-0.2, -0.15) is 0 Å². The van der Waals surface area contributed by atoms with E-state index in [0.717, 1.165) is 16.8 Å². The molecule has 0 aromatic carbocycles. The molecule has 1 aromatic heterocycles. The number of hydrogen-bond acceptors (Lipinski definition) is 3. The summed E-state index contributed by atoms with van der Waals surface area (Å²) in [6, 6.07) is 6.74. The first-order valence-corrected chi connectivity index (χ1v) is 8.14. The van der Waals surface area contributed by atoms with Crippen molar-refractivity contribution in [1.82, 2.24) is 15.2 Å². The van der Waals surface area contributed by atoms with Crippen LogP contribution in [0, 0.1) is 0 Å². The summed E-state index contributed by atoms with van der Waals surface area (Å²) < 4.78 is 0.918. The summed E-state index contributed by atoms with van der Waals surface area (Å²) in [6.07, 6.45) is 5.15. The maximum absolute atomic E-state index is 4.46. The summed E-state index contributed by atoms with van der Waals surface area (Å²) in [7, 11) is 0. The molecule has 1 saturated heterocycles. The first kappa shape index (κ1) is 14.9. The highest BCUT2D eigenvalue weighted by molar-refractivity contribution is 9.10. The van der Waals surface area contributed by atoms with Gasteiger partial charge in [-0.05, 0) is 67.0 Å². The van der Waals surface area contributed by atoms with Crippen LogP contribution >= 0.6 is 15.9 Å². The molecule has 1 fully saturated rings. The smallest absolute Gasteiger partial charge is 0.106 e. The molecule has 1 aliphatic rings. The lowest BCUT2D eigenvalue weighted by molar-refractivity contribution is 0.194. The third-order valence-electron chi connectivity index (χ3n) is 3.76. The Morgan fingerprint density at radius 3 is 2.84 bits per heavy atom. The van der Waals surface area contributed by atoms with Gasteiger partial charge in [0, 0.05) is 12.6 Å². The normalized spacial score (nSPS) is 17.8. The van der Waals surface area contributed by atoms with Crippen molar-refractivity contribution in [3.05, 3.63) is 28.5 Å². The van der Waals surface area contributed by atoms with Crippen LogP contribution in [-0.2, 0) is 6.54 Å². The third-order valence-corrected chi connectivity index (χ3v) is 4.20. The highest BCUT2D eigenvalue weighted by atomic mass is 79.9. The molecule has 3 nitrogen and oxygen atoms in total. The highest BCUT2D eigenvalue weighted by Gasteiger charge is 2.18. The molecule has 0 spiro atoms. The summed E-state index contributed by atoms with van der Waals surface area (Å²) >= 11 is 3.41. The average molecular weight is 326 g/mol. The lowest BCUT2D eigenvalue weighted by Crippen LogP contribution is -2.42.